The molecule has 0 radical (unpaired) electrons. The summed E-state index contributed by atoms with van der Waals surface area (Å²) in [6.45, 7) is 0. The number of nitrogens with zero attached hydrogens (tertiary/aromatic N) is 1. The molecule has 1 N–H and O–H groups in total. The first-order chi connectivity index (χ1) is 9.79. The van der Waals surface area contributed by atoms with Crippen LogP contribution in [0.15, 0.2) is 46.5 Å². The molecule has 0 saturated heterocycles. The SMILES string of the molecule is O=C(O)c1c(Cl)cccc1Sc1ccc(C(F)(F)F)cn1. The lowest BCUT2D eigenvalue weighted by Crippen LogP contribution is -2.05. The van der Waals surface area contributed by atoms with Crippen LogP contribution in [0.4, 0.5) is 13.2 Å². The maximum absolute atomic E-state index is 12.4. The molecule has 3 nitrogen and oxygen atoms in total. The number of hydrogen-bond donors (Lipinski definition) is 1. The number of hydrogen-bond acceptors (Lipinski definition) is 3. The Bertz CT molecular complexity index is 674. The number of benzene rings is 1. The van der Waals surface area contributed by atoms with Crippen molar-refractivity contribution in [1.82, 2.24) is 4.98 Å². The highest BCUT2D eigenvalue weighted by molar-refractivity contribution is 7.99. The van der Waals surface area contributed by atoms with Gasteiger partial charge < -0.3 is 5.11 Å². The van der Waals surface area contributed by atoms with Gasteiger partial charge in [0.05, 0.1) is 16.1 Å². The van der Waals surface area contributed by atoms with E-state index in [4.69, 9.17) is 16.7 Å². The first kappa shape index (κ1) is 15.7. The van der Waals surface area contributed by atoms with E-state index in [-0.39, 0.29) is 15.6 Å². The molecule has 8 heteroatoms. The van der Waals surface area contributed by atoms with Gasteiger partial charge in [0.25, 0.3) is 0 Å². The van der Waals surface area contributed by atoms with Crippen LogP contribution >= 0.6 is 23.4 Å². The summed E-state index contributed by atoms with van der Waals surface area (Å²) in [7, 11) is 0. The highest BCUT2D eigenvalue weighted by atomic mass is 35.5. The molecule has 0 amide bonds. The molecule has 110 valence electrons. The van der Waals surface area contributed by atoms with E-state index in [1.807, 2.05) is 0 Å². The van der Waals surface area contributed by atoms with Gasteiger partial charge in [-0.2, -0.15) is 13.2 Å². The molecule has 2 aromatic rings. The van der Waals surface area contributed by atoms with Gasteiger partial charge in [0.15, 0.2) is 0 Å². The molecular weight excluding hydrogens is 327 g/mol. The monoisotopic (exact) mass is 333 g/mol. The summed E-state index contributed by atoms with van der Waals surface area (Å²) in [6, 6.07) is 6.57. The van der Waals surface area contributed by atoms with Crippen molar-refractivity contribution < 1.29 is 23.1 Å². The highest BCUT2D eigenvalue weighted by Crippen LogP contribution is 2.34. The molecule has 0 aliphatic rings. The summed E-state index contributed by atoms with van der Waals surface area (Å²) < 4.78 is 37.3. The molecule has 0 aliphatic carbocycles. The van der Waals surface area contributed by atoms with Gasteiger partial charge in [-0.3, -0.25) is 0 Å². The zero-order chi connectivity index (χ0) is 15.6. The molecule has 0 saturated carbocycles. The van der Waals surface area contributed by atoms with Crippen molar-refractivity contribution in [2.75, 3.05) is 0 Å². The fraction of sp³-hybridized carbons (Fsp3) is 0.0769. The summed E-state index contributed by atoms with van der Waals surface area (Å²) in [5, 5.41) is 9.41. The third-order valence-corrected chi connectivity index (χ3v) is 3.79. The van der Waals surface area contributed by atoms with Gasteiger partial charge in [0, 0.05) is 11.1 Å². The lowest BCUT2D eigenvalue weighted by atomic mass is 10.2. The fourth-order valence-corrected chi connectivity index (χ4v) is 2.74. The van der Waals surface area contributed by atoms with Crippen molar-refractivity contribution in [1.29, 1.82) is 0 Å². The predicted molar refractivity (Wildman–Crippen MR) is 71.8 cm³/mol. The highest BCUT2D eigenvalue weighted by Gasteiger charge is 2.30. The van der Waals surface area contributed by atoms with Crippen molar-refractivity contribution >= 4 is 29.3 Å². The fourth-order valence-electron chi connectivity index (χ4n) is 1.52. The second-order valence-corrected chi connectivity index (χ2v) is 5.37. The average molecular weight is 334 g/mol. The van der Waals surface area contributed by atoms with Crippen LogP contribution in [0.3, 0.4) is 0 Å². The van der Waals surface area contributed by atoms with Gasteiger partial charge in [0.1, 0.15) is 5.03 Å². The second kappa shape index (κ2) is 5.95. The van der Waals surface area contributed by atoms with E-state index in [2.05, 4.69) is 4.98 Å². The smallest absolute Gasteiger partial charge is 0.417 e. The molecule has 1 heterocycles. The van der Waals surface area contributed by atoms with Crippen LogP contribution in [0.5, 0.6) is 0 Å². The van der Waals surface area contributed by atoms with Gasteiger partial charge >= 0.3 is 12.1 Å². The van der Waals surface area contributed by atoms with Crippen molar-refractivity contribution in [3.05, 3.63) is 52.7 Å². The minimum atomic E-state index is -4.46. The van der Waals surface area contributed by atoms with Crippen LogP contribution in [-0.2, 0) is 6.18 Å². The Labute approximate surface area is 126 Å². The Morgan fingerprint density at radius 3 is 2.48 bits per heavy atom. The number of pyridine rings is 1. The second-order valence-electron chi connectivity index (χ2n) is 3.90. The molecule has 2 rings (SSSR count). The summed E-state index contributed by atoms with van der Waals surface area (Å²) >= 11 is 6.74. The van der Waals surface area contributed by atoms with Crippen LogP contribution in [0.2, 0.25) is 5.02 Å². The molecular formula is C13H7ClF3NO2S. The maximum Gasteiger partial charge on any atom is 0.417 e. The molecule has 0 unspecified atom stereocenters. The van der Waals surface area contributed by atoms with Gasteiger partial charge in [-0.15, -0.1) is 0 Å². The molecule has 21 heavy (non-hydrogen) atoms. The number of aromatic carboxylic acids is 1. The average Bonchev–Trinajstić information content (AvgIpc) is 2.38. The Balaban J connectivity index is 2.31. The van der Waals surface area contributed by atoms with Crippen LogP contribution in [0.25, 0.3) is 0 Å². The lowest BCUT2D eigenvalue weighted by Gasteiger charge is -2.08. The maximum atomic E-state index is 12.4. The zero-order valence-corrected chi connectivity index (χ0v) is 11.8. The first-order valence-electron chi connectivity index (χ1n) is 5.52. The van der Waals surface area contributed by atoms with Crippen molar-refractivity contribution in [3.63, 3.8) is 0 Å². The number of rotatable bonds is 3. The Hall–Kier alpha value is -1.73. The summed E-state index contributed by atoms with van der Waals surface area (Å²) in [4.78, 5) is 15.1. The standard InChI is InChI=1S/C13H7ClF3NO2S/c14-8-2-1-3-9(11(8)12(19)20)21-10-5-4-7(6-18-10)13(15,16)17/h1-6H,(H,19,20). The van der Waals surface area contributed by atoms with E-state index < -0.39 is 17.7 Å². The molecule has 0 aliphatic heterocycles. The zero-order valence-electron chi connectivity index (χ0n) is 10.2. The normalized spacial score (nSPS) is 11.4. The third kappa shape index (κ3) is 3.68. The lowest BCUT2D eigenvalue weighted by molar-refractivity contribution is -0.137. The summed E-state index contributed by atoms with van der Waals surface area (Å²) in [6.07, 6.45) is -3.76. The minimum Gasteiger partial charge on any atom is -0.478 e. The first-order valence-corrected chi connectivity index (χ1v) is 6.71. The van der Waals surface area contributed by atoms with Gasteiger partial charge in [-0.25, -0.2) is 9.78 Å². The van der Waals surface area contributed by atoms with Crippen LogP contribution < -0.4 is 0 Å². The molecule has 0 bridgehead atoms. The van der Waals surface area contributed by atoms with Crippen LogP contribution in [-0.4, -0.2) is 16.1 Å². The summed E-state index contributed by atoms with van der Waals surface area (Å²) in [5.41, 5.74) is -0.970. The van der Waals surface area contributed by atoms with Crippen LogP contribution in [0.1, 0.15) is 15.9 Å². The van der Waals surface area contributed by atoms with Crippen molar-refractivity contribution in [3.8, 4) is 0 Å². The quantitative estimate of drug-likeness (QED) is 0.891. The Morgan fingerprint density at radius 2 is 1.95 bits per heavy atom. The van der Waals surface area contributed by atoms with E-state index in [1.54, 1.807) is 6.07 Å². The van der Waals surface area contributed by atoms with E-state index >= 15 is 0 Å². The van der Waals surface area contributed by atoms with Crippen molar-refractivity contribution in [2.24, 2.45) is 0 Å². The van der Waals surface area contributed by atoms with Gasteiger partial charge in [-0.05, 0) is 24.3 Å². The minimum absolute atomic E-state index is 0.0550. The molecule has 1 aromatic heterocycles. The molecule has 1 aromatic carbocycles. The third-order valence-electron chi connectivity index (χ3n) is 2.47. The predicted octanol–water partition coefficient (Wildman–Crippen LogP) is 4.60. The summed E-state index contributed by atoms with van der Waals surface area (Å²) in [5.74, 6) is -1.21. The van der Waals surface area contributed by atoms with Crippen LogP contribution in [0, 0.1) is 0 Å². The van der Waals surface area contributed by atoms with Gasteiger partial charge in [-0.1, -0.05) is 29.4 Å². The molecule has 0 fully saturated rings. The Morgan fingerprint density at radius 1 is 1.24 bits per heavy atom. The van der Waals surface area contributed by atoms with Crippen molar-refractivity contribution in [2.45, 2.75) is 16.1 Å². The number of alkyl halides is 3. The molecule has 0 spiro atoms. The largest absolute Gasteiger partial charge is 0.478 e. The number of aromatic nitrogens is 1. The topological polar surface area (TPSA) is 50.2 Å². The van der Waals surface area contributed by atoms with E-state index in [0.717, 1.165) is 17.8 Å². The number of carbonyl (C=O) groups is 1. The number of carboxylic acids is 1. The number of halogens is 4. The van der Waals surface area contributed by atoms with E-state index in [0.29, 0.717) is 11.1 Å². The number of carboxylic acid groups (broad SMARTS) is 1. The van der Waals surface area contributed by atoms with E-state index in [9.17, 15) is 18.0 Å². The van der Waals surface area contributed by atoms with Gasteiger partial charge in [0.2, 0.25) is 0 Å². The Kier molecular flexibility index (Phi) is 4.43. The molecule has 0 atom stereocenters. The van der Waals surface area contributed by atoms with E-state index in [1.165, 1.54) is 18.2 Å².